The van der Waals surface area contributed by atoms with Crippen LogP contribution < -0.4 is 5.73 Å². The second-order valence-corrected chi connectivity index (χ2v) is 3.37. The third-order valence-corrected chi connectivity index (χ3v) is 1.81. The highest BCUT2D eigenvalue weighted by atomic mass is 35.5. The molecule has 0 saturated carbocycles. The average molecular weight is 166 g/mol. The van der Waals surface area contributed by atoms with Crippen molar-refractivity contribution in [1.29, 1.82) is 0 Å². The van der Waals surface area contributed by atoms with Gasteiger partial charge in [-0.05, 0) is 26.7 Å². The number of rotatable bonds is 0. The Labute approximate surface area is 68.5 Å². The van der Waals surface area contributed by atoms with Gasteiger partial charge in [-0.15, -0.1) is 12.4 Å². The molecule has 1 atom stereocenters. The Morgan fingerprint density at radius 2 is 2.10 bits per heavy atom. The minimum atomic E-state index is 0. The first kappa shape index (κ1) is 10.2. The molecule has 1 saturated heterocycles. The van der Waals surface area contributed by atoms with Crippen LogP contribution >= 0.6 is 12.4 Å². The first-order valence-electron chi connectivity index (χ1n) is 3.50. The average Bonchev–Trinajstić information content (AvgIpc) is 1.78. The lowest BCUT2D eigenvalue weighted by Crippen LogP contribution is -2.40. The third kappa shape index (κ3) is 2.86. The van der Waals surface area contributed by atoms with E-state index in [1.165, 1.54) is 0 Å². The summed E-state index contributed by atoms with van der Waals surface area (Å²) in [5, 5.41) is 0. The number of halogens is 1. The summed E-state index contributed by atoms with van der Waals surface area (Å²) in [5.41, 5.74) is 5.71. The molecule has 0 aromatic rings. The van der Waals surface area contributed by atoms with E-state index in [-0.39, 0.29) is 24.0 Å². The molecule has 0 aromatic carbocycles. The monoisotopic (exact) mass is 165 g/mol. The molecule has 0 bridgehead atoms. The van der Waals surface area contributed by atoms with Crippen molar-refractivity contribution in [2.75, 3.05) is 6.61 Å². The van der Waals surface area contributed by atoms with Crippen molar-refractivity contribution in [1.82, 2.24) is 0 Å². The fourth-order valence-corrected chi connectivity index (χ4v) is 1.02. The van der Waals surface area contributed by atoms with Crippen LogP contribution in [-0.2, 0) is 4.74 Å². The highest BCUT2D eigenvalue weighted by Crippen LogP contribution is 2.22. The molecule has 1 rings (SSSR count). The van der Waals surface area contributed by atoms with E-state index in [1.54, 1.807) is 0 Å². The normalized spacial score (nSPS) is 30.9. The Hall–Kier alpha value is 0.210. The molecule has 0 radical (unpaired) electrons. The van der Waals surface area contributed by atoms with E-state index in [0.717, 1.165) is 19.4 Å². The van der Waals surface area contributed by atoms with Crippen LogP contribution in [0.25, 0.3) is 0 Å². The Kier molecular flexibility index (Phi) is 3.63. The summed E-state index contributed by atoms with van der Waals surface area (Å²) < 4.78 is 5.45. The van der Waals surface area contributed by atoms with Crippen molar-refractivity contribution in [3.8, 4) is 0 Å². The van der Waals surface area contributed by atoms with Crippen LogP contribution in [0.5, 0.6) is 0 Å². The zero-order chi connectivity index (χ0) is 6.91. The minimum Gasteiger partial charge on any atom is -0.374 e. The van der Waals surface area contributed by atoms with E-state index >= 15 is 0 Å². The van der Waals surface area contributed by atoms with Crippen molar-refractivity contribution in [2.24, 2.45) is 5.73 Å². The van der Waals surface area contributed by atoms with Crippen LogP contribution in [0.4, 0.5) is 0 Å². The number of nitrogens with two attached hydrogens (primary N) is 1. The predicted molar refractivity (Wildman–Crippen MR) is 44.5 cm³/mol. The van der Waals surface area contributed by atoms with Gasteiger partial charge in [-0.3, -0.25) is 0 Å². The Bertz CT molecular complexity index is 95.8. The van der Waals surface area contributed by atoms with Gasteiger partial charge in [0.15, 0.2) is 0 Å². The lowest BCUT2D eigenvalue weighted by Gasteiger charge is -2.32. The SMILES string of the molecule is CC1(C)CC[C@H](N)CO1.Cl. The van der Waals surface area contributed by atoms with Gasteiger partial charge in [-0.25, -0.2) is 0 Å². The van der Waals surface area contributed by atoms with E-state index in [2.05, 4.69) is 13.8 Å². The Morgan fingerprint density at radius 1 is 1.50 bits per heavy atom. The molecule has 0 spiro atoms. The second-order valence-electron chi connectivity index (χ2n) is 3.37. The van der Waals surface area contributed by atoms with E-state index in [4.69, 9.17) is 10.5 Å². The summed E-state index contributed by atoms with van der Waals surface area (Å²) >= 11 is 0. The molecule has 1 fully saturated rings. The standard InChI is InChI=1S/C7H15NO.ClH/c1-7(2)4-3-6(8)5-9-7;/h6H,3-5,8H2,1-2H3;1H/t6-;/m0./s1. The summed E-state index contributed by atoms with van der Waals surface area (Å²) in [6, 6.07) is 0.276. The van der Waals surface area contributed by atoms with Crippen LogP contribution in [0.1, 0.15) is 26.7 Å². The fourth-order valence-electron chi connectivity index (χ4n) is 1.02. The largest absolute Gasteiger partial charge is 0.374 e. The van der Waals surface area contributed by atoms with Crippen LogP contribution in [0.15, 0.2) is 0 Å². The molecule has 10 heavy (non-hydrogen) atoms. The molecule has 0 amide bonds. The molecule has 1 heterocycles. The summed E-state index contributed by atoms with van der Waals surface area (Å²) in [4.78, 5) is 0. The molecule has 1 aliphatic rings. The maximum absolute atomic E-state index is 5.63. The van der Waals surface area contributed by atoms with Gasteiger partial charge in [0.05, 0.1) is 12.2 Å². The Balaban J connectivity index is 0.000000810. The quantitative estimate of drug-likeness (QED) is 0.588. The molecular formula is C7H16ClNO. The maximum atomic E-state index is 5.63. The van der Waals surface area contributed by atoms with Gasteiger partial charge in [0.1, 0.15) is 0 Å². The summed E-state index contributed by atoms with van der Waals surface area (Å²) in [5.74, 6) is 0. The first-order chi connectivity index (χ1) is 4.10. The van der Waals surface area contributed by atoms with Crippen molar-refractivity contribution in [3.05, 3.63) is 0 Å². The topological polar surface area (TPSA) is 35.2 Å². The van der Waals surface area contributed by atoms with Crippen molar-refractivity contribution in [3.63, 3.8) is 0 Å². The van der Waals surface area contributed by atoms with Gasteiger partial charge in [-0.1, -0.05) is 0 Å². The molecular weight excluding hydrogens is 150 g/mol. The van der Waals surface area contributed by atoms with Crippen molar-refractivity contribution < 1.29 is 4.74 Å². The molecule has 0 unspecified atom stereocenters. The maximum Gasteiger partial charge on any atom is 0.0627 e. The van der Waals surface area contributed by atoms with Gasteiger partial charge < -0.3 is 10.5 Å². The molecule has 2 N–H and O–H groups in total. The number of hydrogen-bond acceptors (Lipinski definition) is 2. The zero-order valence-corrected chi connectivity index (χ0v) is 7.41. The lowest BCUT2D eigenvalue weighted by atomic mass is 9.96. The summed E-state index contributed by atoms with van der Waals surface area (Å²) in [7, 11) is 0. The predicted octanol–water partition coefficient (Wildman–Crippen LogP) is 1.32. The van der Waals surface area contributed by atoms with E-state index in [1.807, 2.05) is 0 Å². The van der Waals surface area contributed by atoms with Gasteiger partial charge in [0.25, 0.3) is 0 Å². The van der Waals surface area contributed by atoms with E-state index < -0.39 is 0 Å². The zero-order valence-electron chi connectivity index (χ0n) is 6.59. The Morgan fingerprint density at radius 3 is 2.40 bits per heavy atom. The van der Waals surface area contributed by atoms with Crippen LogP contribution in [-0.4, -0.2) is 18.2 Å². The van der Waals surface area contributed by atoms with Crippen LogP contribution in [0.2, 0.25) is 0 Å². The minimum absolute atomic E-state index is 0. The lowest BCUT2D eigenvalue weighted by molar-refractivity contribution is -0.0594. The van der Waals surface area contributed by atoms with E-state index in [0.29, 0.717) is 0 Å². The number of ether oxygens (including phenoxy) is 1. The van der Waals surface area contributed by atoms with Gasteiger partial charge in [0, 0.05) is 6.04 Å². The fraction of sp³-hybridized carbons (Fsp3) is 1.00. The molecule has 3 heteroatoms. The molecule has 1 aliphatic heterocycles. The van der Waals surface area contributed by atoms with E-state index in [9.17, 15) is 0 Å². The molecule has 0 aliphatic carbocycles. The van der Waals surface area contributed by atoms with Gasteiger partial charge in [-0.2, -0.15) is 0 Å². The highest BCUT2D eigenvalue weighted by Gasteiger charge is 2.25. The van der Waals surface area contributed by atoms with Crippen LogP contribution in [0, 0.1) is 0 Å². The number of hydrogen-bond donors (Lipinski definition) is 1. The highest BCUT2D eigenvalue weighted by molar-refractivity contribution is 5.85. The summed E-state index contributed by atoms with van der Waals surface area (Å²) in [6.07, 6.45) is 2.20. The van der Waals surface area contributed by atoms with Gasteiger partial charge in [0.2, 0.25) is 0 Å². The molecule has 62 valence electrons. The van der Waals surface area contributed by atoms with Crippen molar-refractivity contribution >= 4 is 12.4 Å². The third-order valence-electron chi connectivity index (χ3n) is 1.81. The van der Waals surface area contributed by atoms with Crippen molar-refractivity contribution in [2.45, 2.75) is 38.3 Å². The smallest absolute Gasteiger partial charge is 0.0627 e. The molecule has 0 aromatic heterocycles. The van der Waals surface area contributed by atoms with Crippen LogP contribution in [0.3, 0.4) is 0 Å². The second kappa shape index (κ2) is 3.56. The van der Waals surface area contributed by atoms with Gasteiger partial charge >= 0.3 is 0 Å². The first-order valence-corrected chi connectivity index (χ1v) is 3.50. The molecule has 2 nitrogen and oxygen atoms in total. The summed E-state index contributed by atoms with van der Waals surface area (Å²) in [6.45, 7) is 4.95.